The van der Waals surface area contributed by atoms with E-state index in [1.807, 2.05) is 23.9 Å². The van der Waals surface area contributed by atoms with Crippen molar-refractivity contribution in [2.75, 3.05) is 42.6 Å². The Kier molecular flexibility index (Phi) is 5.11. The quantitative estimate of drug-likeness (QED) is 0.845. The lowest BCUT2D eigenvalue weighted by atomic mass is 9.93. The Hall–Kier alpha value is -1.75. The van der Waals surface area contributed by atoms with E-state index in [1.165, 1.54) is 5.39 Å². The van der Waals surface area contributed by atoms with E-state index >= 15 is 0 Å². The Morgan fingerprint density at radius 3 is 2.60 bits per heavy atom. The zero-order valence-electron chi connectivity index (χ0n) is 14.6. The summed E-state index contributed by atoms with van der Waals surface area (Å²) in [5, 5.41) is 1.19. The predicted molar refractivity (Wildman–Crippen MR) is 105 cm³/mol. The van der Waals surface area contributed by atoms with Crippen LogP contribution in [-0.4, -0.2) is 53.5 Å². The van der Waals surface area contributed by atoms with Crippen molar-refractivity contribution in [1.82, 2.24) is 9.88 Å². The monoisotopic (exact) mass is 355 g/mol. The molecule has 2 aliphatic rings. The Morgan fingerprint density at radius 2 is 1.80 bits per heavy atom. The first kappa shape index (κ1) is 16.7. The fourth-order valence-corrected chi connectivity index (χ4v) is 4.69. The molecule has 5 heteroatoms. The third-order valence-corrected chi connectivity index (χ3v) is 6.29. The molecule has 1 aromatic heterocycles. The van der Waals surface area contributed by atoms with Gasteiger partial charge in [0.1, 0.15) is 5.82 Å². The van der Waals surface area contributed by atoms with Crippen molar-refractivity contribution in [2.45, 2.75) is 19.3 Å². The second-order valence-corrected chi connectivity index (χ2v) is 8.21. The highest BCUT2D eigenvalue weighted by atomic mass is 32.2. The van der Waals surface area contributed by atoms with Gasteiger partial charge in [-0.1, -0.05) is 18.2 Å². The molecule has 0 aliphatic carbocycles. The van der Waals surface area contributed by atoms with Crippen LogP contribution in [0.15, 0.2) is 36.4 Å². The number of carbonyl (C=O) groups is 1. The van der Waals surface area contributed by atoms with Crippen molar-refractivity contribution in [1.29, 1.82) is 0 Å². The number of rotatable bonds is 3. The lowest BCUT2D eigenvalue weighted by Crippen LogP contribution is -2.40. The van der Waals surface area contributed by atoms with Crippen molar-refractivity contribution >= 4 is 34.4 Å². The molecule has 0 unspecified atom stereocenters. The number of carbonyl (C=O) groups excluding carboxylic acids is 1. The van der Waals surface area contributed by atoms with Gasteiger partial charge in [-0.15, -0.1) is 0 Å². The molecule has 3 heterocycles. The minimum absolute atomic E-state index is 0.364. The molecule has 4 nitrogen and oxygen atoms in total. The lowest BCUT2D eigenvalue weighted by Gasteiger charge is -2.34. The number of anilines is 1. The van der Waals surface area contributed by atoms with Gasteiger partial charge in [0.2, 0.25) is 5.91 Å². The van der Waals surface area contributed by atoms with Crippen molar-refractivity contribution in [3.05, 3.63) is 36.4 Å². The number of amides is 1. The summed E-state index contributed by atoms with van der Waals surface area (Å²) in [6, 6.07) is 12.5. The van der Waals surface area contributed by atoms with Gasteiger partial charge in [-0.3, -0.25) is 4.79 Å². The molecule has 2 fully saturated rings. The van der Waals surface area contributed by atoms with Crippen LogP contribution in [0.5, 0.6) is 0 Å². The molecule has 132 valence electrons. The van der Waals surface area contributed by atoms with Crippen LogP contribution in [0.2, 0.25) is 0 Å². The molecular formula is C20H25N3OS. The third-order valence-electron chi connectivity index (χ3n) is 5.35. The standard InChI is InChI=1S/C20H25N3OS/c24-20(23-11-13-25-14-12-23)15-16-7-9-22(10-8-16)19-6-5-17-3-1-2-4-18(17)21-19/h1-6,16H,7-15H2. The number of para-hydroxylation sites is 1. The SMILES string of the molecule is O=C(CC1CCN(c2ccc3ccccc3n2)CC1)N1CCSCC1. The first-order valence-corrected chi connectivity index (χ1v) is 10.4. The molecule has 1 amide bonds. The number of benzene rings is 1. The maximum Gasteiger partial charge on any atom is 0.222 e. The minimum atomic E-state index is 0.364. The number of nitrogens with zero attached hydrogens (tertiary/aromatic N) is 3. The van der Waals surface area contributed by atoms with Gasteiger partial charge < -0.3 is 9.80 Å². The second-order valence-electron chi connectivity index (χ2n) is 6.99. The minimum Gasteiger partial charge on any atom is -0.357 e. The van der Waals surface area contributed by atoms with Crippen LogP contribution in [-0.2, 0) is 4.79 Å². The molecule has 0 atom stereocenters. The summed E-state index contributed by atoms with van der Waals surface area (Å²) in [5.74, 6) is 4.15. The summed E-state index contributed by atoms with van der Waals surface area (Å²) < 4.78 is 0. The number of aromatic nitrogens is 1. The Balaban J connectivity index is 1.33. The molecule has 4 rings (SSSR count). The second kappa shape index (κ2) is 7.65. The molecule has 0 radical (unpaired) electrons. The van der Waals surface area contributed by atoms with Crippen LogP contribution in [0.1, 0.15) is 19.3 Å². The number of hydrogen-bond donors (Lipinski definition) is 0. The first-order valence-electron chi connectivity index (χ1n) is 9.26. The van der Waals surface area contributed by atoms with Crippen LogP contribution in [0.3, 0.4) is 0 Å². The van der Waals surface area contributed by atoms with E-state index in [2.05, 4.69) is 34.1 Å². The number of thioether (sulfide) groups is 1. The summed E-state index contributed by atoms with van der Waals surface area (Å²) in [6.45, 7) is 3.87. The van der Waals surface area contributed by atoms with Gasteiger partial charge in [0.25, 0.3) is 0 Å². The molecule has 2 saturated heterocycles. The maximum atomic E-state index is 12.5. The Labute approximate surface area is 153 Å². The van der Waals surface area contributed by atoms with Crippen molar-refractivity contribution in [2.24, 2.45) is 5.92 Å². The van der Waals surface area contributed by atoms with E-state index in [0.29, 0.717) is 11.8 Å². The van der Waals surface area contributed by atoms with E-state index in [9.17, 15) is 4.79 Å². The van der Waals surface area contributed by atoms with Gasteiger partial charge in [-0.05, 0) is 37.0 Å². The highest BCUT2D eigenvalue weighted by Gasteiger charge is 2.25. The van der Waals surface area contributed by atoms with Crippen LogP contribution < -0.4 is 4.90 Å². The first-order chi connectivity index (χ1) is 12.3. The third kappa shape index (κ3) is 3.92. The van der Waals surface area contributed by atoms with Gasteiger partial charge in [0.05, 0.1) is 5.52 Å². The van der Waals surface area contributed by atoms with Gasteiger partial charge >= 0.3 is 0 Å². The van der Waals surface area contributed by atoms with Gasteiger partial charge in [-0.2, -0.15) is 11.8 Å². The Bertz CT molecular complexity index is 737. The molecule has 2 aromatic rings. The zero-order valence-corrected chi connectivity index (χ0v) is 15.4. The average Bonchev–Trinajstić information content (AvgIpc) is 2.69. The normalized spacial score (nSPS) is 19.4. The van der Waals surface area contributed by atoms with Crippen LogP contribution in [0.4, 0.5) is 5.82 Å². The fourth-order valence-electron chi connectivity index (χ4n) is 3.79. The summed E-state index contributed by atoms with van der Waals surface area (Å²) in [4.78, 5) is 21.7. The largest absolute Gasteiger partial charge is 0.357 e. The molecule has 0 spiro atoms. The lowest BCUT2D eigenvalue weighted by molar-refractivity contribution is -0.132. The number of hydrogen-bond acceptors (Lipinski definition) is 4. The molecule has 0 N–H and O–H groups in total. The summed E-state index contributed by atoms with van der Waals surface area (Å²) >= 11 is 1.95. The number of piperidine rings is 1. The molecule has 0 bridgehead atoms. The molecule has 2 aliphatic heterocycles. The van der Waals surface area contributed by atoms with Gasteiger partial charge in [0, 0.05) is 49.5 Å². The molecular weight excluding hydrogens is 330 g/mol. The summed E-state index contributed by atoms with van der Waals surface area (Å²) in [6.07, 6.45) is 2.90. The Morgan fingerprint density at radius 1 is 1.04 bits per heavy atom. The highest BCUT2D eigenvalue weighted by molar-refractivity contribution is 7.99. The van der Waals surface area contributed by atoms with Gasteiger partial charge in [0.15, 0.2) is 0 Å². The number of pyridine rings is 1. The average molecular weight is 356 g/mol. The summed E-state index contributed by atoms with van der Waals surface area (Å²) in [5.41, 5.74) is 1.06. The molecule has 1 aromatic carbocycles. The van der Waals surface area contributed by atoms with Crippen LogP contribution in [0, 0.1) is 5.92 Å². The highest BCUT2D eigenvalue weighted by Crippen LogP contribution is 2.26. The van der Waals surface area contributed by atoms with Crippen LogP contribution in [0.25, 0.3) is 10.9 Å². The topological polar surface area (TPSA) is 36.4 Å². The van der Waals surface area contributed by atoms with E-state index in [-0.39, 0.29) is 0 Å². The summed E-state index contributed by atoms with van der Waals surface area (Å²) in [7, 11) is 0. The van der Waals surface area contributed by atoms with Crippen molar-refractivity contribution < 1.29 is 4.79 Å². The molecule has 0 saturated carbocycles. The zero-order chi connectivity index (χ0) is 17.1. The van der Waals surface area contributed by atoms with E-state index in [1.54, 1.807) is 0 Å². The maximum absolute atomic E-state index is 12.5. The predicted octanol–water partition coefficient (Wildman–Crippen LogP) is 3.42. The van der Waals surface area contributed by atoms with Gasteiger partial charge in [-0.25, -0.2) is 4.98 Å². The van der Waals surface area contributed by atoms with Crippen molar-refractivity contribution in [3.8, 4) is 0 Å². The fraction of sp³-hybridized carbons (Fsp3) is 0.500. The van der Waals surface area contributed by atoms with E-state index < -0.39 is 0 Å². The van der Waals surface area contributed by atoms with E-state index in [4.69, 9.17) is 4.98 Å². The smallest absolute Gasteiger partial charge is 0.222 e. The van der Waals surface area contributed by atoms with Crippen LogP contribution >= 0.6 is 11.8 Å². The van der Waals surface area contributed by atoms with Crippen molar-refractivity contribution in [3.63, 3.8) is 0 Å². The molecule has 25 heavy (non-hydrogen) atoms. The number of fused-ring (bicyclic) bond motifs is 1. The van der Waals surface area contributed by atoms with E-state index in [0.717, 1.165) is 68.3 Å².